The summed E-state index contributed by atoms with van der Waals surface area (Å²) >= 11 is 0. The topological polar surface area (TPSA) is 72.5 Å². The van der Waals surface area contributed by atoms with Gasteiger partial charge >= 0.3 is 7.82 Å². The summed E-state index contributed by atoms with van der Waals surface area (Å²) in [5.41, 5.74) is 1.69. The van der Waals surface area contributed by atoms with E-state index in [9.17, 15) is 4.57 Å². The van der Waals surface area contributed by atoms with E-state index in [1.165, 1.54) is 7.11 Å². The van der Waals surface area contributed by atoms with Crippen LogP contribution in [0.2, 0.25) is 0 Å². The Morgan fingerprint density at radius 1 is 1.12 bits per heavy atom. The molecule has 0 bridgehead atoms. The van der Waals surface area contributed by atoms with Gasteiger partial charge in [-0.15, -0.1) is 0 Å². The van der Waals surface area contributed by atoms with Gasteiger partial charge in [0.15, 0.2) is 11.5 Å². The molecule has 1 heterocycles. The first-order chi connectivity index (χ1) is 11.9. The summed E-state index contributed by atoms with van der Waals surface area (Å²) in [4.78, 5) is 0. The maximum Gasteiger partial charge on any atom is 0.530 e. The molecule has 25 heavy (non-hydrogen) atoms. The van der Waals surface area contributed by atoms with Crippen LogP contribution in [0.1, 0.15) is 44.9 Å². The van der Waals surface area contributed by atoms with E-state index in [4.69, 9.17) is 27.8 Å². The minimum atomic E-state index is -3.75. The second-order valence-electron chi connectivity index (χ2n) is 5.67. The average molecular weight is 374 g/mol. The molecule has 0 radical (unpaired) electrons. The molecule has 0 spiro atoms. The van der Waals surface area contributed by atoms with Crippen molar-refractivity contribution in [2.45, 2.75) is 46.3 Å². The van der Waals surface area contributed by atoms with E-state index >= 15 is 0 Å². The van der Waals surface area contributed by atoms with Crippen molar-refractivity contribution in [1.29, 1.82) is 0 Å². The molecule has 0 N–H and O–H groups in total. The number of fused-ring (bicyclic) bond motifs is 1. The first-order valence-electron chi connectivity index (χ1n) is 8.40. The van der Waals surface area contributed by atoms with Crippen LogP contribution < -0.4 is 14.0 Å². The Hall–Kier alpha value is -1.27. The van der Waals surface area contributed by atoms with Crippen molar-refractivity contribution in [3.8, 4) is 17.2 Å². The maximum absolute atomic E-state index is 12.9. The smallest absolute Gasteiger partial charge is 0.496 e. The fourth-order valence-electron chi connectivity index (χ4n) is 3.02. The molecule has 142 valence electrons. The van der Waals surface area contributed by atoms with Gasteiger partial charge in [-0.25, -0.2) is 4.57 Å². The quantitative estimate of drug-likeness (QED) is 0.629. The van der Waals surface area contributed by atoms with Crippen LogP contribution in [0.5, 0.6) is 17.2 Å². The van der Waals surface area contributed by atoms with Crippen LogP contribution in [0.25, 0.3) is 0 Å². The van der Waals surface area contributed by atoms with Gasteiger partial charge in [0.1, 0.15) is 5.75 Å². The summed E-state index contributed by atoms with van der Waals surface area (Å²) in [7, 11) is -0.643. The summed E-state index contributed by atoms with van der Waals surface area (Å²) in [5.74, 6) is 1.41. The average Bonchev–Trinajstić information content (AvgIpc) is 2.55. The highest BCUT2D eigenvalue weighted by Crippen LogP contribution is 2.55. The zero-order valence-corrected chi connectivity index (χ0v) is 16.6. The molecule has 1 aliphatic heterocycles. The number of hydrogen-bond donors (Lipinski definition) is 0. The Morgan fingerprint density at radius 2 is 1.72 bits per heavy atom. The third-order valence-corrected chi connectivity index (χ3v) is 5.46. The molecule has 0 fully saturated rings. The predicted molar refractivity (Wildman–Crippen MR) is 93.7 cm³/mol. The van der Waals surface area contributed by atoms with Gasteiger partial charge in [-0.2, -0.15) is 0 Å². The molecule has 1 aliphatic rings. The number of rotatable bonds is 8. The normalized spacial score (nSPS) is 20.1. The van der Waals surface area contributed by atoms with E-state index in [1.54, 1.807) is 27.0 Å². The maximum atomic E-state index is 12.9. The third kappa shape index (κ3) is 4.29. The van der Waals surface area contributed by atoms with Crippen LogP contribution in [0.15, 0.2) is 6.07 Å². The molecule has 2 rings (SSSR count). The largest absolute Gasteiger partial charge is 0.530 e. The molecule has 0 saturated heterocycles. The molecule has 1 aromatic rings. The monoisotopic (exact) mass is 374 g/mol. The summed E-state index contributed by atoms with van der Waals surface area (Å²) < 4.78 is 46.0. The number of hydrogen-bond acceptors (Lipinski definition) is 7. The molecule has 0 aromatic heterocycles. The van der Waals surface area contributed by atoms with Crippen LogP contribution in [-0.4, -0.2) is 33.5 Å². The first kappa shape index (κ1) is 20.0. The van der Waals surface area contributed by atoms with Crippen molar-refractivity contribution >= 4 is 7.82 Å². The summed E-state index contributed by atoms with van der Waals surface area (Å²) in [6, 6.07) is 1.70. The minimum Gasteiger partial charge on any atom is -0.496 e. The lowest BCUT2D eigenvalue weighted by Crippen LogP contribution is -2.24. The van der Waals surface area contributed by atoms with E-state index in [-0.39, 0.29) is 25.4 Å². The van der Waals surface area contributed by atoms with Gasteiger partial charge in [0.2, 0.25) is 0 Å². The highest BCUT2D eigenvalue weighted by atomic mass is 31.2. The van der Waals surface area contributed by atoms with E-state index in [0.717, 1.165) is 11.1 Å². The third-order valence-electron chi connectivity index (χ3n) is 3.90. The van der Waals surface area contributed by atoms with Gasteiger partial charge in [-0.1, -0.05) is 0 Å². The number of benzene rings is 1. The van der Waals surface area contributed by atoms with Gasteiger partial charge < -0.3 is 18.7 Å². The van der Waals surface area contributed by atoms with Crippen molar-refractivity contribution in [1.82, 2.24) is 0 Å². The SMILES string of the molecule is CCOP(=O)(OCC)Oc1c(OC)cc(OC)c2c1C[C@H](C)O[C@H]2C. The number of ether oxygens (including phenoxy) is 3. The highest BCUT2D eigenvalue weighted by Gasteiger charge is 2.36. The standard InChI is InChI=1S/C17H27O7P/c1-7-21-25(18,22-8-2)24-17-13-9-11(3)23-12(4)16(13)14(19-5)10-15(17)20-6/h10-12H,7-9H2,1-6H3/t11-,12-/m0/s1. The number of phosphoric acid groups is 1. The lowest BCUT2D eigenvalue weighted by atomic mass is 9.93. The molecular formula is C17H27O7P. The number of phosphoric ester groups is 1. The summed E-state index contributed by atoms with van der Waals surface area (Å²) in [6.07, 6.45) is 0.349. The van der Waals surface area contributed by atoms with E-state index in [0.29, 0.717) is 23.7 Å². The zero-order chi connectivity index (χ0) is 18.6. The zero-order valence-electron chi connectivity index (χ0n) is 15.7. The molecule has 2 atom stereocenters. The second kappa shape index (κ2) is 8.41. The Labute approximate surface area is 149 Å². The van der Waals surface area contributed by atoms with E-state index in [2.05, 4.69) is 0 Å². The number of methoxy groups -OCH3 is 2. The van der Waals surface area contributed by atoms with Gasteiger partial charge in [0.25, 0.3) is 0 Å². The Bertz CT molecular complexity index is 636. The molecule has 7 nitrogen and oxygen atoms in total. The Morgan fingerprint density at radius 3 is 2.24 bits per heavy atom. The summed E-state index contributed by atoms with van der Waals surface area (Å²) in [5, 5.41) is 0. The minimum absolute atomic E-state index is 0.0276. The highest BCUT2D eigenvalue weighted by molar-refractivity contribution is 7.48. The van der Waals surface area contributed by atoms with Crippen molar-refractivity contribution < 1.29 is 32.3 Å². The van der Waals surface area contributed by atoms with E-state index < -0.39 is 7.82 Å². The molecule has 0 amide bonds. The summed E-state index contributed by atoms with van der Waals surface area (Å²) in [6.45, 7) is 7.78. The molecule has 0 aliphatic carbocycles. The van der Waals surface area contributed by atoms with Gasteiger partial charge in [0.05, 0.1) is 39.6 Å². The van der Waals surface area contributed by atoms with Gasteiger partial charge in [-0.05, 0) is 27.7 Å². The van der Waals surface area contributed by atoms with Crippen LogP contribution in [0.4, 0.5) is 0 Å². The lowest BCUT2D eigenvalue weighted by Gasteiger charge is -2.32. The fourth-order valence-corrected chi connectivity index (χ4v) is 4.26. The molecular weight excluding hydrogens is 347 g/mol. The van der Waals surface area contributed by atoms with Crippen molar-refractivity contribution in [2.24, 2.45) is 0 Å². The fraction of sp³-hybridized carbons (Fsp3) is 0.647. The van der Waals surface area contributed by atoms with Crippen LogP contribution in [0.3, 0.4) is 0 Å². The van der Waals surface area contributed by atoms with Crippen LogP contribution in [-0.2, 0) is 24.8 Å². The molecule has 8 heteroatoms. The molecule has 0 saturated carbocycles. The lowest BCUT2D eigenvalue weighted by molar-refractivity contribution is -0.00676. The Balaban J connectivity index is 2.59. The van der Waals surface area contributed by atoms with Crippen molar-refractivity contribution in [2.75, 3.05) is 27.4 Å². The molecule has 1 aromatic carbocycles. The van der Waals surface area contributed by atoms with Gasteiger partial charge in [0, 0.05) is 23.6 Å². The Kier molecular flexibility index (Phi) is 6.74. The predicted octanol–water partition coefficient (Wildman–Crippen LogP) is 4.29. The van der Waals surface area contributed by atoms with Crippen LogP contribution in [0, 0.1) is 0 Å². The van der Waals surface area contributed by atoms with Gasteiger partial charge in [-0.3, -0.25) is 9.05 Å². The van der Waals surface area contributed by atoms with Crippen molar-refractivity contribution in [3.05, 3.63) is 17.2 Å². The van der Waals surface area contributed by atoms with Crippen LogP contribution >= 0.6 is 7.82 Å². The molecule has 0 unspecified atom stereocenters. The first-order valence-corrected chi connectivity index (χ1v) is 9.87. The second-order valence-corrected chi connectivity index (χ2v) is 7.26. The van der Waals surface area contributed by atoms with E-state index in [1.807, 2.05) is 13.8 Å². The van der Waals surface area contributed by atoms with Crippen molar-refractivity contribution in [3.63, 3.8) is 0 Å².